The van der Waals surface area contributed by atoms with Crippen LogP contribution in [0.3, 0.4) is 0 Å². The van der Waals surface area contributed by atoms with E-state index in [4.69, 9.17) is 4.42 Å². The number of nitrogens with zero attached hydrogens (tertiary/aromatic N) is 1. The minimum atomic E-state index is -0.260. The number of aryl methyl sites for hydroxylation is 2. The number of amides is 1. The molecule has 0 spiro atoms. The first-order valence-electron chi connectivity index (χ1n) is 6.62. The van der Waals surface area contributed by atoms with E-state index in [0.717, 1.165) is 17.0 Å². The Kier molecular flexibility index (Phi) is 3.31. The highest BCUT2D eigenvalue weighted by atomic mass is 16.3. The highest BCUT2D eigenvalue weighted by molar-refractivity contribution is 6.03. The summed E-state index contributed by atoms with van der Waals surface area (Å²) in [6.07, 6.45) is 0. The maximum absolute atomic E-state index is 12.1. The molecule has 3 aromatic rings. The molecule has 0 aliphatic carbocycles. The molecular formula is C16H15N3O2. The molecule has 0 atom stereocenters. The van der Waals surface area contributed by atoms with Crippen molar-refractivity contribution in [1.29, 1.82) is 0 Å². The Bertz CT molecular complexity index is 769. The molecule has 0 radical (unpaired) electrons. The zero-order valence-electron chi connectivity index (χ0n) is 11.8. The summed E-state index contributed by atoms with van der Waals surface area (Å²) >= 11 is 0. The third kappa shape index (κ3) is 2.86. The first-order chi connectivity index (χ1) is 10.1. The molecule has 5 heteroatoms. The van der Waals surface area contributed by atoms with Gasteiger partial charge in [0.15, 0.2) is 11.5 Å². The van der Waals surface area contributed by atoms with Gasteiger partial charge in [-0.1, -0.05) is 17.7 Å². The van der Waals surface area contributed by atoms with Crippen LogP contribution >= 0.6 is 0 Å². The van der Waals surface area contributed by atoms with Crippen molar-refractivity contribution in [3.05, 3.63) is 59.5 Å². The molecule has 2 heterocycles. The van der Waals surface area contributed by atoms with E-state index in [0.29, 0.717) is 17.1 Å². The summed E-state index contributed by atoms with van der Waals surface area (Å²) in [7, 11) is 0. The Morgan fingerprint density at radius 1 is 1.14 bits per heavy atom. The number of furan rings is 1. The number of carbonyl (C=O) groups is 1. The lowest BCUT2D eigenvalue weighted by molar-refractivity contribution is 0.102. The number of nitrogens with one attached hydrogen (secondary N) is 2. The highest BCUT2D eigenvalue weighted by Crippen LogP contribution is 2.20. The fourth-order valence-corrected chi connectivity index (χ4v) is 1.98. The molecule has 0 unspecified atom stereocenters. The SMILES string of the molecule is Cc1ccc(NC(=O)c2cc(-c3ccc(C)o3)[nH]n2)cc1. The fourth-order valence-electron chi connectivity index (χ4n) is 1.98. The van der Waals surface area contributed by atoms with Crippen molar-refractivity contribution in [2.24, 2.45) is 0 Å². The Labute approximate surface area is 122 Å². The van der Waals surface area contributed by atoms with E-state index in [1.165, 1.54) is 0 Å². The third-order valence-electron chi connectivity index (χ3n) is 3.13. The highest BCUT2D eigenvalue weighted by Gasteiger charge is 2.13. The van der Waals surface area contributed by atoms with Gasteiger partial charge in [-0.05, 0) is 38.1 Å². The van der Waals surface area contributed by atoms with Crippen molar-refractivity contribution in [1.82, 2.24) is 10.2 Å². The van der Waals surface area contributed by atoms with Crippen molar-refractivity contribution in [2.45, 2.75) is 13.8 Å². The Morgan fingerprint density at radius 3 is 2.57 bits per heavy atom. The topological polar surface area (TPSA) is 70.9 Å². The molecular weight excluding hydrogens is 266 g/mol. The molecule has 3 rings (SSSR count). The lowest BCUT2D eigenvalue weighted by Gasteiger charge is -2.02. The van der Waals surface area contributed by atoms with Crippen LogP contribution < -0.4 is 5.32 Å². The molecule has 0 saturated carbocycles. The second-order valence-corrected chi connectivity index (χ2v) is 4.90. The Hall–Kier alpha value is -2.82. The van der Waals surface area contributed by atoms with Crippen LogP contribution in [0.25, 0.3) is 11.5 Å². The zero-order valence-corrected chi connectivity index (χ0v) is 11.8. The van der Waals surface area contributed by atoms with E-state index in [1.807, 2.05) is 50.2 Å². The standard InChI is InChI=1S/C16H15N3O2/c1-10-3-6-12(7-4-10)17-16(20)14-9-13(18-19-14)15-8-5-11(2)21-15/h3-9H,1-2H3,(H,17,20)(H,18,19). The number of aromatic nitrogens is 2. The number of H-pyrrole nitrogens is 1. The summed E-state index contributed by atoms with van der Waals surface area (Å²) < 4.78 is 5.49. The smallest absolute Gasteiger partial charge is 0.276 e. The molecule has 2 aromatic heterocycles. The van der Waals surface area contributed by atoms with Crippen LogP contribution in [0, 0.1) is 13.8 Å². The van der Waals surface area contributed by atoms with Crippen molar-refractivity contribution in [3.63, 3.8) is 0 Å². The van der Waals surface area contributed by atoms with Gasteiger partial charge in [0.25, 0.3) is 5.91 Å². The summed E-state index contributed by atoms with van der Waals surface area (Å²) in [6.45, 7) is 3.86. The second kappa shape index (κ2) is 5.28. The first kappa shape index (κ1) is 13.2. The molecule has 0 aliphatic heterocycles. The molecule has 0 saturated heterocycles. The number of hydrogen-bond acceptors (Lipinski definition) is 3. The third-order valence-corrected chi connectivity index (χ3v) is 3.13. The van der Waals surface area contributed by atoms with Gasteiger partial charge in [-0.15, -0.1) is 0 Å². The monoisotopic (exact) mass is 281 g/mol. The normalized spacial score (nSPS) is 10.6. The minimum Gasteiger partial charge on any atom is -0.460 e. The predicted molar refractivity (Wildman–Crippen MR) is 80.2 cm³/mol. The molecule has 106 valence electrons. The predicted octanol–water partition coefficient (Wildman–Crippen LogP) is 3.54. The van der Waals surface area contributed by atoms with E-state index in [1.54, 1.807) is 6.07 Å². The summed E-state index contributed by atoms with van der Waals surface area (Å²) in [5.74, 6) is 1.21. The van der Waals surface area contributed by atoms with Crippen molar-refractivity contribution >= 4 is 11.6 Å². The van der Waals surface area contributed by atoms with Crippen molar-refractivity contribution < 1.29 is 9.21 Å². The van der Waals surface area contributed by atoms with Crippen LogP contribution in [0.15, 0.2) is 46.9 Å². The maximum atomic E-state index is 12.1. The van der Waals surface area contributed by atoms with Crippen LogP contribution in [-0.4, -0.2) is 16.1 Å². The van der Waals surface area contributed by atoms with E-state index in [-0.39, 0.29) is 5.91 Å². The molecule has 1 amide bonds. The van der Waals surface area contributed by atoms with Gasteiger partial charge < -0.3 is 9.73 Å². The van der Waals surface area contributed by atoms with E-state index < -0.39 is 0 Å². The first-order valence-corrected chi connectivity index (χ1v) is 6.62. The Morgan fingerprint density at radius 2 is 1.90 bits per heavy atom. The Balaban J connectivity index is 1.76. The van der Waals surface area contributed by atoms with Gasteiger partial charge in [-0.3, -0.25) is 9.89 Å². The lowest BCUT2D eigenvalue weighted by atomic mass is 10.2. The summed E-state index contributed by atoms with van der Waals surface area (Å²) in [4.78, 5) is 12.1. The largest absolute Gasteiger partial charge is 0.460 e. The van der Waals surface area contributed by atoms with Crippen molar-refractivity contribution in [2.75, 3.05) is 5.32 Å². The lowest BCUT2D eigenvalue weighted by Crippen LogP contribution is -2.12. The zero-order chi connectivity index (χ0) is 14.8. The van der Waals surface area contributed by atoms with E-state index >= 15 is 0 Å². The van der Waals surface area contributed by atoms with E-state index in [9.17, 15) is 4.79 Å². The minimum absolute atomic E-state index is 0.260. The molecule has 0 aliphatic rings. The number of rotatable bonds is 3. The average Bonchev–Trinajstić information content (AvgIpc) is 3.10. The van der Waals surface area contributed by atoms with Crippen LogP contribution in [-0.2, 0) is 0 Å². The van der Waals surface area contributed by atoms with Gasteiger partial charge in [0.05, 0.1) is 0 Å². The van der Waals surface area contributed by atoms with Gasteiger partial charge in [0, 0.05) is 11.8 Å². The van der Waals surface area contributed by atoms with Gasteiger partial charge in [-0.25, -0.2) is 0 Å². The maximum Gasteiger partial charge on any atom is 0.276 e. The molecule has 1 aromatic carbocycles. The van der Waals surface area contributed by atoms with Gasteiger partial charge in [-0.2, -0.15) is 5.10 Å². The fraction of sp³-hybridized carbons (Fsp3) is 0.125. The number of benzene rings is 1. The number of anilines is 1. The van der Waals surface area contributed by atoms with Crippen LogP contribution in [0.1, 0.15) is 21.8 Å². The van der Waals surface area contributed by atoms with Gasteiger partial charge in [0.2, 0.25) is 0 Å². The molecule has 0 fully saturated rings. The summed E-state index contributed by atoms with van der Waals surface area (Å²) in [5.41, 5.74) is 2.88. The molecule has 5 nitrogen and oxygen atoms in total. The average molecular weight is 281 g/mol. The van der Waals surface area contributed by atoms with E-state index in [2.05, 4.69) is 15.5 Å². The van der Waals surface area contributed by atoms with Gasteiger partial charge in [0.1, 0.15) is 11.5 Å². The van der Waals surface area contributed by atoms with Crippen LogP contribution in [0.4, 0.5) is 5.69 Å². The van der Waals surface area contributed by atoms with Crippen LogP contribution in [0.2, 0.25) is 0 Å². The molecule has 2 N–H and O–H groups in total. The second-order valence-electron chi connectivity index (χ2n) is 4.90. The summed E-state index contributed by atoms with van der Waals surface area (Å²) in [6, 6.07) is 13.0. The van der Waals surface area contributed by atoms with Crippen molar-refractivity contribution in [3.8, 4) is 11.5 Å². The number of carbonyl (C=O) groups excluding carboxylic acids is 1. The molecule has 21 heavy (non-hydrogen) atoms. The van der Waals surface area contributed by atoms with Crippen LogP contribution in [0.5, 0.6) is 0 Å². The number of hydrogen-bond donors (Lipinski definition) is 2. The number of aromatic amines is 1. The summed E-state index contributed by atoms with van der Waals surface area (Å²) in [5, 5.41) is 9.63. The molecule has 0 bridgehead atoms. The van der Waals surface area contributed by atoms with Gasteiger partial charge >= 0.3 is 0 Å². The quantitative estimate of drug-likeness (QED) is 0.771.